The first-order chi connectivity index (χ1) is 8.70. The maximum absolute atomic E-state index is 11.9. The summed E-state index contributed by atoms with van der Waals surface area (Å²) in [6.07, 6.45) is -4.99. The van der Waals surface area contributed by atoms with E-state index in [2.05, 4.69) is 21.2 Å². The van der Waals surface area contributed by atoms with E-state index >= 15 is 0 Å². The number of amides is 2. The molecule has 104 valence electrons. The third-order valence-corrected chi connectivity index (χ3v) is 2.62. The van der Waals surface area contributed by atoms with E-state index in [9.17, 15) is 22.8 Å². The third kappa shape index (κ3) is 4.90. The lowest BCUT2D eigenvalue weighted by atomic mass is 10.2. The Morgan fingerprint density at radius 3 is 2.47 bits per heavy atom. The van der Waals surface area contributed by atoms with Crippen molar-refractivity contribution in [2.24, 2.45) is 0 Å². The Hall–Kier alpha value is -1.57. The first-order valence-corrected chi connectivity index (χ1v) is 5.90. The minimum absolute atomic E-state index is 0.467. The predicted molar refractivity (Wildman–Crippen MR) is 66.6 cm³/mol. The summed E-state index contributed by atoms with van der Waals surface area (Å²) in [5, 5.41) is 3.89. The average molecular weight is 339 g/mol. The summed E-state index contributed by atoms with van der Waals surface area (Å²) in [5.41, 5.74) is 1.21. The minimum Gasteiger partial charge on any atom is -0.339 e. The van der Waals surface area contributed by atoms with Gasteiger partial charge in [-0.1, -0.05) is 15.9 Å². The zero-order chi connectivity index (χ0) is 14.6. The van der Waals surface area contributed by atoms with E-state index in [4.69, 9.17) is 0 Å². The number of nitrogens with one attached hydrogen (secondary N) is 2. The summed E-state index contributed by atoms with van der Waals surface area (Å²) in [5.74, 6) is -2.88. The van der Waals surface area contributed by atoms with Gasteiger partial charge < -0.3 is 10.6 Å². The van der Waals surface area contributed by atoms with E-state index in [1.807, 2.05) is 0 Å². The first kappa shape index (κ1) is 15.5. The van der Waals surface area contributed by atoms with Gasteiger partial charge >= 0.3 is 12.1 Å². The largest absolute Gasteiger partial charge is 0.471 e. The number of aryl methyl sites for hydroxylation is 1. The molecule has 4 nitrogen and oxygen atoms in total. The Morgan fingerprint density at radius 1 is 1.32 bits per heavy atom. The van der Waals surface area contributed by atoms with Crippen molar-refractivity contribution >= 4 is 33.4 Å². The maximum Gasteiger partial charge on any atom is 0.471 e. The third-order valence-electron chi connectivity index (χ3n) is 2.13. The van der Waals surface area contributed by atoms with Crippen LogP contribution >= 0.6 is 15.9 Å². The number of rotatable bonds is 3. The molecule has 0 aliphatic heterocycles. The Labute approximate surface area is 115 Å². The number of anilines is 1. The van der Waals surface area contributed by atoms with Crippen LogP contribution in [0.15, 0.2) is 22.7 Å². The maximum atomic E-state index is 11.9. The second kappa shape index (κ2) is 6.05. The van der Waals surface area contributed by atoms with Gasteiger partial charge in [-0.15, -0.1) is 0 Å². The molecule has 2 N–H and O–H groups in total. The van der Waals surface area contributed by atoms with E-state index in [-0.39, 0.29) is 0 Å². The summed E-state index contributed by atoms with van der Waals surface area (Å²) >= 11 is 3.24. The Morgan fingerprint density at radius 2 is 1.95 bits per heavy atom. The van der Waals surface area contributed by atoms with Gasteiger partial charge in [0.1, 0.15) is 0 Å². The SMILES string of the molecule is Cc1cc(Br)ccc1NC(=O)CNC(=O)C(F)(F)F. The fraction of sp³-hybridized carbons (Fsp3) is 0.273. The van der Waals surface area contributed by atoms with Crippen molar-refractivity contribution in [2.75, 3.05) is 11.9 Å². The Balaban J connectivity index is 2.54. The highest BCUT2D eigenvalue weighted by Crippen LogP contribution is 2.19. The van der Waals surface area contributed by atoms with Crippen molar-refractivity contribution in [3.63, 3.8) is 0 Å². The van der Waals surface area contributed by atoms with E-state index in [0.29, 0.717) is 5.69 Å². The standard InChI is InChI=1S/C11H10BrF3N2O2/c1-6-4-7(12)2-3-8(6)17-9(18)5-16-10(19)11(13,14)15/h2-4H,5H2,1H3,(H,16,19)(H,17,18). The lowest BCUT2D eigenvalue weighted by Crippen LogP contribution is -2.41. The van der Waals surface area contributed by atoms with E-state index in [0.717, 1.165) is 10.0 Å². The number of hydrogen-bond acceptors (Lipinski definition) is 2. The molecule has 2 amide bonds. The van der Waals surface area contributed by atoms with Crippen LogP contribution in [0.1, 0.15) is 5.56 Å². The van der Waals surface area contributed by atoms with Crippen LogP contribution in [0.4, 0.5) is 18.9 Å². The molecule has 0 fully saturated rings. The molecule has 1 aromatic carbocycles. The smallest absolute Gasteiger partial charge is 0.339 e. The Kier molecular flexibility index (Phi) is 4.93. The molecule has 0 aliphatic rings. The Bertz CT molecular complexity index is 503. The molecular weight excluding hydrogens is 329 g/mol. The van der Waals surface area contributed by atoms with Gasteiger partial charge in [-0.3, -0.25) is 9.59 Å². The molecule has 0 atom stereocenters. The van der Waals surface area contributed by atoms with Crippen LogP contribution in [0.5, 0.6) is 0 Å². The summed E-state index contributed by atoms with van der Waals surface area (Å²) in [6.45, 7) is 0.989. The van der Waals surface area contributed by atoms with Gasteiger partial charge in [-0.25, -0.2) is 0 Å². The number of halogens is 4. The number of benzene rings is 1. The monoisotopic (exact) mass is 338 g/mol. The van der Waals surface area contributed by atoms with Crippen molar-refractivity contribution in [1.82, 2.24) is 5.32 Å². The van der Waals surface area contributed by atoms with Gasteiger partial charge in [-0.05, 0) is 30.7 Å². The molecule has 0 bridgehead atoms. The van der Waals surface area contributed by atoms with Gasteiger partial charge in [-0.2, -0.15) is 13.2 Å². The van der Waals surface area contributed by atoms with Crippen LogP contribution in [0.25, 0.3) is 0 Å². The van der Waals surface area contributed by atoms with Crippen LogP contribution in [0.2, 0.25) is 0 Å². The molecule has 1 aromatic rings. The summed E-state index contributed by atoms with van der Waals surface area (Å²) in [7, 11) is 0. The molecule has 0 saturated carbocycles. The first-order valence-electron chi connectivity index (χ1n) is 5.11. The zero-order valence-electron chi connectivity index (χ0n) is 9.77. The van der Waals surface area contributed by atoms with Crippen LogP contribution < -0.4 is 10.6 Å². The van der Waals surface area contributed by atoms with Gasteiger partial charge in [0, 0.05) is 10.2 Å². The average Bonchev–Trinajstić information content (AvgIpc) is 2.28. The van der Waals surface area contributed by atoms with Crippen molar-refractivity contribution in [3.8, 4) is 0 Å². The van der Waals surface area contributed by atoms with Gasteiger partial charge in [0.2, 0.25) is 5.91 Å². The van der Waals surface area contributed by atoms with Crippen LogP contribution in [-0.4, -0.2) is 24.5 Å². The van der Waals surface area contributed by atoms with Crippen molar-refractivity contribution in [3.05, 3.63) is 28.2 Å². The van der Waals surface area contributed by atoms with Crippen molar-refractivity contribution < 1.29 is 22.8 Å². The van der Waals surface area contributed by atoms with Gasteiger partial charge in [0.25, 0.3) is 0 Å². The summed E-state index contributed by atoms with van der Waals surface area (Å²) in [6, 6.07) is 5.02. The fourth-order valence-electron chi connectivity index (χ4n) is 1.22. The summed E-state index contributed by atoms with van der Waals surface area (Å²) in [4.78, 5) is 21.9. The highest BCUT2D eigenvalue weighted by molar-refractivity contribution is 9.10. The van der Waals surface area contributed by atoms with Gasteiger partial charge in [0.05, 0.1) is 6.54 Å². The lowest BCUT2D eigenvalue weighted by molar-refractivity contribution is -0.173. The quantitative estimate of drug-likeness (QED) is 0.888. The van der Waals surface area contributed by atoms with Gasteiger partial charge in [0.15, 0.2) is 0 Å². The normalized spacial score (nSPS) is 11.0. The fourth-order valence-corrected chi connectivity index (χ4v) is 1.70. The molecule has 8 heteroatoms. The molecule has 19 heavy (non-hydrogen) atoms. The molecule has 0 unspecified atom stereocenters. The number of hydrogen-bond donors (Lipinski definition) is 2. The number of carbonyl (C=O) groups excluding carboxylic acids is 2. The molecule has 0 radical (unpaired) electrons. The molecule has 0 heterocycles. The zero-order valence-corrected chi connectivity index (χ0v) is 11.4. The minimum atomic E-state index is -4.99. The van der Waals surface area contributed by atoms with E-state index in [1.54, 1.807) is 25.1 Å². The number of carbonyl (C=O) groups is 2. The van der Waals surface area contributed by atoms with E-state index in [1.165, 1.54) is 5.32 Å². The highest BCUT2D eigenvalue weighted by atomic mass is 79.9. The second-order valence-corrected chi connectivity index (χ2v) is 4.60. The van der Waals surface area contributed by atoms with Crippen LogP contribution in [0.3, 0.4) is 0 Å². The molecule has 0 saturated heterocycles. The topological polar surface area (TPSA) is 58.2 Å². The molecular formula is C11H10BrF3N2O2. The number of alkyl halides is 3. The molecule has 0 aliphatic carbocycles. The molecule has 0 spiro atoms. The summed E-state index contributed by atoms with van der Waals surface area (Å²) < 4.78 is 36.5. The second-order valence-electron chi connectivity index (χ2n) is 3.69. The van der Waals surface area contributed by atoms with Crippen LogP contribution in [0, 0.1) is 6.92 Å². The van der Waals surface area contributed by atoms with E-state index < -0.39 is 24.5 Å². The highest BCUT2D eigenvalue weighted by Gasteiger charge is 2.38. The van der Waals surface area contributed by atoms with Crippen molar-refractivity contribution in [2.45, 2.75) is 13.1 Å². The molecule has 1 rings (SSSR count). The van der Waals surface area contributed by atoms with Crippen molar-refractivity contribution in [1.29, 1.82) is 0 Å². The lowest BCUT2D eigenvalue weighted by Gasteiger charge is -2.10. The van der Waals surface area contributed by atoms with Crippen LogP contribution in [-0.2, 0) is 9.59 Å². The molecule has 0 aromatic heterocycles. The predicted octanol–water partition coefficient (Wildman–Crippen LogP) is 2.37.